The standard InChI is InChI=1S/C20H14N4O4S/c1-28-13-7-8-14-15(19(25)23-20-21-11-18(29-20)24(26)27)10-16(22-17(14)9-13)12-5-3-2-4-6-12/h2-11H,1H3,(H,21,23,25). The molecule has 29 heavy (non-hydrogen) atoms. The Hall–Kier alpha value is -3.85. The minimum atomic E-state index is -0.547. The molecule has 0 spiro atoms. The fraction of sp³-hybridized carbons (Fsp3) is 0.0500. The van der Waals surface area contributed by atoms with Crippen molar-refractivity contribution in [2.75, 3.05) is 12.4 Å². The van der Waals surface area contributed by atoms with Crippen LogP contribution in [0.25, 0.3) is 22.2 Å². The zero-order chi connectivity index (χ0) is 20.4. The predicted octanol–water partition coefficient (Wildman–Crippen LogP) is 4.53. The van der Waals surface area contributed by atoms with Gasteiger partial charge in [0.25, 0.3) is 5.91 Å². The molecule has 0 fully saturated rings. The summed E-state index contributed by atoms with van der Waals surface area (Å²) in [5.74, 6) is 0.195. The topological polar surface area (TPSA) is 107 Å². The highest BCUT2D eigenvalue weighted by Crippen LogP contribution is 2.29. The normalized spacial score (nSPS) is 10.7. The lowest BCUT2D eigenvalue weighted by Crippen LogP contribution is -2.13. The van der Waals surface area contributed by atoms with Crippen molar-refractivity contribution in [3.8, 4) is 17.0 Å². The summed E-state index contributed by atoms with van der Waals surface area (Å²) in [6, 6.07) is 16.4. The van der Waals surface area contributed by atoms with Gasteiger partial charge in [0.1, 0.15) is 11.9 Å². The Balaban J connectivity index is 1.80. The Labute approximate surface area is 169 Å². The third-order valence-corrected chi connectivity index (χ3v) is 5.09. The Kier molecular flexibility index (Phi) is 4.88. The molecule has 0 aliphatic rings. The summed E-state index contributed by atoms with van der Waals surface area (Å²) >= 11 is 0.798. The number of carbonyl (C=O) groups excluding carboxylic acids is 1. The highest BCUT2D eigenvalue weighted by molar-refractivity contribution is 7.18. The van der Waals surface area contributed by atoms with Crippen molar-refractivity contribution in [3.63, 3.8) is 0 Å². The van der Waals surface area contributed by atoms with Crippen molar-refractivity contribution in [2.45, 2.75) is 0 Å². The number of nitrogens with one attached hydrogen (secondary N) is 1. The Morgan fingerprint density at radius 2 is 1.97 bits per heavy atom. The smallest absolute Gasteiger partial charge is 0.345 e. The van der Waals surface area contributed by atoms with Gasteiger partial charge >= 0.3 is 5.00 Å². The van der Waals surface area contributed by atoms with E-state index in [-0.39, 0.29) is 10.1 Å². The number of methoxy groups -OCH3 is 1. The lowest BCUT2D eigenvalue weighted by molar-refractivity contribution is -0.380. The maximum atomic E-state index is 13.0. The van der Waals surface area contributed by atoms with E-state index in [4.69, 9.17) is 4.74 Å². The number of aromatic nitrogens is 2. The van der Waals surface area contributed by atoms with Crippen LogP contribution in [0.5, 0.6) is 5.75 Å². The van der Waals surface area contributed by atoms with Gasteiger partial charge in [0.05, 0.1) is 28.8 Å². The Bertz CT molecular complexity index is 1220. The summed E-state index contributed by atoms with van der Waals surface area (Å²) in [6.07, 6.45) is 1.12. The van der Waals surface area contributed by atoms with E-state index in [9.17, 15) is 14.9 Å². The molecule has 0 aliphatic heterocycles. The van der Waals surface area contributed by atoms with Crippen LogP contribution in [0.4, 0.5) is 10.1 Å². The summed E-state index contributed by atoms with van der Waals surface area (Å²) in [5.41, 5.74) is 2.47. The number of amides is 1. The average molecular weight is 406 g/mol. The van der Waals surface area contributed by atoms with Gasteiger partial charge in [0, 0.05) is 17.0 Å². The molecule has 9 heteroatoms. The second-order valence-corrected chi connectivity index (χ2v) is 7.03. The first-order valence-electron chi connectivity index (χ1n) is 8.51. The van der Waals surface area contributed by atoms with Crippen LogP contribution in [0, 0.1) is 10.1 Å². The number of anilines is 1. The quantitative estimate of drug-likeness (QED) is 0.385. The lowest BCUT2D eigenvalue weighted by atomic mass is 10.0. The maximum Gasteiger partial charge on any atom is 0.345 e. The molecule has 0 radical (unpaired) electrons. The largest absolute Gasteiger partial charge is 0.497 e. The van der Waals surface area contributed by atoms with E-state index in [0.717, 1.165) is 23.1 Å². The molecule has 2 aromatic carbocycles. The molecule has 0 bridgehead atoms. The minimum absolute atomic E-state index is 0.144. The highest BCUT2D eigenvalue weighted by atomic mass is 32.1. The van der Waals surface area contributed by atoms with Crippen molar-refractivity contribution in [2.24, 2.45) is 0 Å². The number of hydrogen-bond acceptors (Lipinski definition) is 7. The number of pyridine rings is 1. The lowest BCUT2D eigenvalue weighted by Gasteiger charge is -2.10. The van der Waals surface area contributed by atoms with Crippen molar-refractivity contribution >= 4 is 38.3 Å². The molecule has 1 N–H and O–H groups in total. The Morgan fingerprint density at radius 1 is 1.17 bits per heavy atom. The van der Waals surface area contributed by atoms with Gasteiger partial charge in [-0.15, -0.1) is 0 Å². The molecule has 0 atom stereocenters. The van der Waals surface area contributed by atoms with E-state index in [2.05, 4.69) is 15.3 Å². The van der Waals surface area contributed by atoms with E-state index in [1.165, 1.54) is 0 Å². The number of benzene rings is 2. The van der Waals surface area contributed by atoms with E-state index in [0.29, 0.717) is 27.9 Å². The molecule has 2 heterocycles. The summed E-state index contributed by atoms with van der Waals surface area (Å²) in [6.45, 7) is 0. The average Bonchev–Trinajstić information content (AvgIpc) is 3.22. The van der Waals surface area contributed by atoms with Crippen molar-refractivity contribution in [1.82, 2.24) is 9.97 Å². The van der Waals surface area contributed by atoms with Gasteiger partial charge in [-0.2, -0.15) is 0 Å². The van der Waals surface area contributed by atoms with Crippen LogP contribution in [0.1, 0.15) is 10.4 Å². The molecule has 4 rings (SSSR count). The monoisotopic (exact) mass is 406 g/mol. The molecule has 0 aliphatic carbocycles. The molecule has 4 aromatic rings. The molecule has 8 nitrogen and oxygen atoms in total. The van der Waals surface area contributed by atoms with Gasteiger partial charge in [-0.05, 0) is 29.5 Å². The first kappa shape index (κ1) is 18.5. The van der Waals surface area contributed by atoms with Gasteiger partial charge < -0.3 is 4.74 Å². The van der Waals surface area contributed by atoms with Crippen molar-refractivity contribution < 1.29 is 14.5 Å². The van der Waals surface area contributed by atoms with Crippen molar-refractivity contribution in [3.05, 3.63) is 76.5 Å². The fourth-order valence-corrected chi connectivity index (χ4v) is 3.48. The second-order valence-electron chi connectivity index (χ2n) is 6.02. The number of nitrogens with zero attached hydrogens (tertiary/aromatic N) is 3. The third kappa shape index (κ3) is 3.76. The van der Waals surface area contributed by atoms with Gasteiger partial charge in [-0.25, -0.2) is 9.97 Å². The minimum Gasteiger partial charge on any atom is -0.497 e. The van der Waals surface area contributed by atoms with E-state index in [1.807, 2.05) is 30.3 Å². The number of carbonyl (C=O) groups is 1. The maximum absolute atomic E-state index is 13.0. The SMILES string of the molecule is COc1ccc2c(C(=O)Nc3ncc([N+](=O)[O-])s3)cc(-c3ccccc3)nc2c1. The number of nitro groups is 1. The first-order chi connectivity index (χ1) is 14.0. The number of hydrogen-bond donors (Lipinski definition) is 1. The summed E-state index contributed by atoms with van der Waals surface area (Å²) in [7, 11) is 1.56. The van der Waals surface area contributed by atoms with Crippen molar-refractivity contribution in [1.29, 1.82) is 0 Å². The highest BCUT2D eigenvalue weighted by Gasteiger charge is 2.18. The van der Waals surface area contributed by atoms with Crippen LogP contribution >= 0.6 is 11.3 Å². The molecular formula is C20H14N4O4S. The van der Waals surface area contributed by atoms with Crippen LogP contribution < -0.4 is 10.1 Å². The number of fused-ring (bicyclic) bond motifs is 1. The molecule has 2 aromatic heterocycles. The number of rotatable bonds is 5. The van der Waals surface area contributed by atoms with Gasteiger partial charge in [-0.1, -0.05) is 30.3 Å². The van der Waals surface area contributed by atoms with Crippen LogP contribution in [-0.4, -0.2) is 27.9 Å². The first-order valence-corrected chi connectivity index (χ1v) is 9.32. The zero-order valence-corrected chi connectivity index (χ0v) is 16.0. The van der Waals surface area contributed by atoms with Crippen LogP contribution in [0.15, 0.2) is 60.8 Å². The van der Waals surface area contributed by atoms with E-state index >= 15 is 0 Å². The van der Waals surface area contributed by atoms with Gasteiger partial charge in [0.15, 0.2) is 5.13 Å². The van der Waals surface area contributed by atoms with Crippen LogP contribution in [0.3, 0.4) is 0 Å². The molecular weight excluding hydrogens is 392 g/mol. The second kappa shape index (κ2) is 7.64. The van der Waals surface area contributed by atoms with Gasteiger partial charge in [0.2, 0.25) is 0 Å². The molecule has 0 saturated carbocycles. The fourth-order valence-electron chi connectivity index (χ4n) is 2.85. The number of thiazole rings is 1. The van der Waals surface area contributed by atoms with Gasteiger partial charge in [-0.3, -0.25) is 20.2 Å². The number of ether oxygens (including phenoxy) is 1. The molecule has 1 amide bonds. The molecule has 144 valence electrons. The summed E-state index contributed by atoms with van der Waals surface area (Å²) in [4.78, 5) is 31.8. The summed E-state index contributed by atoms with van der Waals surface area (Å²) < 4.78 is 5.28. The summed E-state index contributed by atoms with van der Waals surface area (Å²) in [5, 5.41) is 14.1. The van der Waals surface area contributed by atoms with E-state index in [1.54, 1.807) is 31.4 Å². The van der Waals surface area contributed by atoms with E-state index < -0.39 is 10.8 Å². The van der Waals surface area contributed by atoms with Crippen LogP contribution in [0.2, 0.25) is 0 Å². The van der Waals surface area contributed by atoms with Crippen LogP contribution in [-0.2, 0) is 0 Å². The molecule has 0 unspecified atom stereocenters. The molecule has 0 saturated heterocycles. The zero-order valence-electron chi connectivity index (χ0n) is 15.2. The third-order valence-electron chi connectivity index (χ3n) is 4.23. The Morgan fingerprint density at radius 3 is 2.66 bits per heavy atom. The predicted molar refractivity (Wildman–Crippen MR) is 110 cm³/mol.